The monoisotopic (exact) mass is 516 g/mol. The van der Waals surface area contributed by atoms with Crippen molar-refractivity contribution in [1.82, 2.24) is 10.6 Å². The third-order valence-electron chi connectivity index (χ3n) is 4.44. The van der Waals surface area contributed by atoms with Crippen molar-refractivity contribution in [3.63, 3.8) is 0 Å². The van der Waals surface area contributed by atoms with E-state index in [1.807, 2.05) is 89.2 Å². The van der Waals surface area contributed by atoms with Gasteiger partial charge in [-0.3, -0.25) is 14.9 Å². The summed E-state index contributed by atoms with van der Waals surface area (Å²) in [6.45, 7) is 31.8. The predicted octanol–water partition coefficient (Wildman–Crippen LogP) is 7.12. The molecule has 0 radical (unpaired) electrons. The first-order valence-electron chi connectivity index (χ1n) is 13.8. The van der Waals surface area contributed by atoms with Crippen LogP contribution in [0.15, 0.2) is 11.8 Å². The highest BCUT2D eigenvalue weighted by Crippen LogP contribution is 2.08. The molecule has 218 valence electrons. The van der Waals surface area contributed by atoms with E-state index in [0.29, 0.717) is 35.3 Å². The number of Topliss-reactive ketones (excluding diaryl/α,β-unsaturated/α-hetero) is 1. The highest BCUT2D eigenvalue weighted by molar-refractivity contribution is 5.80. The average molecular weight is 517 g/mol. The molecule has 0 aliphatic carbocycles. The van der Waals surface area contributed by atoms with Gasteiger partial charge in [0.1, 0.15) is 12.0 Å². The van der Waals surface area contributed by atoms with Gasteiger partial charge in [0.05, 0.1) is 5.76 Å². The number of nitrogens with one attached hydrogen (secondary N) is 2. The van der Waals surface area contributed by atoms with Gasteiger partial charge in [-0.2, -0.15) is 0 Å². The van der Waals surface area contributed by atoms with Crippen molar-refractivity contribution in [3.8, 4) is 0 Å². The Kier molecular flexibility index (Phi) is 27.8. The molecule has 0 aliphatic rings. The van der Waals surface area contributed by atoms with E-state index in [9.17, 15) is 14.7 Å². The van der Waals surface area contributed by atoms with Crippen molar-refractivity contribution in [2.24, 2.45) is 35.5 Å². The second kappa shape index (κ2) is 24.0. The molecule has 36 heavy (non-hydrogen) atoms. The molecule has 0 aromatic rings. The van der Waals surface area contributed by atoms with Crippen LogP contribution < -0.4 is 10.6 Å². The molecule has 0 spiro atoms. The van der Waals surface area contributed by atoms with E-state index < -0.39 is 0 Å². The maximum atomic E-state index is 11.0. The SMILES string of the molecule is CC(C)/C=C(\O)C(C)C.CC(C)CC(=O)C(C)C.CC(C)NC(=O)C(C)C.CC(C)NC(O)C(C)C. The molecular weight excluding hydrogens is 452 g/mol. The van der Waals surface area contributed by atoms with Crippen LogP contribution in [0.4, 0.5) is 0 Å². The fraction of sp³-hybridized carbons (Fsp3) is 0.867. The topological polar surface area (TPSA) is 98.7 Å². The smallest absolute Gasteiger partial charge is 0.222 e. The Morgan fingerprint density at radius 3 is 1.25 bits per heavy atom. The van der Waals surface area contributed by atoms with Crippen LogP contribution in [0, 0.1) is 35.5 Å². The molecule has 6 nitrogen and oxygen atoms in total. The largest absolute Gasteiger partial charge is 0.512 e. The zero-order valence-corrected chi connectivity index (χ0v) is 26.7. The quantitative estimate of drug-likeness (QED) is 0.183. The first-order valence-corrected chi connectivity index (χ1v) is 13.8. The number of aliphatic hydroxyl groups excluding tert-OH is 2. The summed E-state index contributed by atoms with van der Waals surface area (Å²) in [7, 11) is 0. The van der Waals surface area contributed by atoms with Crippen molar-refractivity contribution in [2.45, 2.75) is 136 Å². The molecule has 0 saturated heterocycles. The van der Waals surface area contributed by atoms with Crippen LogP contribution in [0.5, 0.6) is 0 Å². The van der Waals surface area contributed by atoms with Gasteiger partial charge >= 0.3 is 0 Å². The molecule has 0 aromatic heterocycles. The first-order chi connectivity index (χ1) is 16.1. The van der Waals surface area contributed by atoms with Gasteiger partial charge in [0.25, 0.3) is 0 Å². The van der Waals surface area contributed by atoms with E-state index in [4.69, 9.17) is 5.11 Å². The molecular formula is C30H64N2O4. The molecule has 0 fully saturated rings. The number of rotatable bonds is 10. The number of hydrogen-bond acceptors (Lipinski definition) is 5. The standard InChI is InChI=1S/2C8H16O.C7H17NO.C7H15NO/c2*1-6(2)5-8(9)7(3)4;2*1-5(2)7(9)8-6(3)4/h6-7H,5H2,1-4H3;5-7,9H,1-4H3;5-9H,1-4H3;5-6H,1-4H3,(H,8,9)/b;8-5-;;. The highest BCUT2D eigenvalue weighted by Gasteiger charge is 2.09. The lowest BCUT2D eigenvalue weighted by Crippen LogP contribution is -2.38. The van der Waals surface area contributed by atoms with Crippen molar-refractivity contribution >= 4 is 11.7 Å². The van der Waals surface area contributed by atoms with Gasteiger partial charge < -0.3 is 15.5 Å². The van der Waals surface area contributed by atoms with Crippen molar-refractivity contribution < 1.29 is 19.8 Å². The minimum atomic E-state index is -0.356. The Bertz CT molecular complexity index is 537. The van der Waals surface area contributed by atoms with E-state index in [2.05, 4.69) is 38.3 Å². The lowest BCUT2D eigenvalue weighted by molar-refractivity contribution is -0.124. The molecule has 4 N–H and O–H groups in total. The van der Waals surface area contributed by atoms with Crippen LogP contribution in [-0.4, -0.2) is 40.2 Å². The van der Waals surface area contributed by atoms with Gasteiger partial charge in [0, 0.05) is 36.3 Å². The van der Waals surface area contributed by atoms with Crippen LogP contribution in [0.1, 0.15) is 117 Å². The molecule has 1 unspecified atom stereocenters. The van der Waals surface area contributed by atoms with Crippen LogP contribution in [0.25, 0.3) is 0 Å². The third kappa shape index (κ3) is 34.8. The van der Waals surface area contributed by atoms with Gasteiger partial charge in [-0.05, 0) is 51.5 Å². The summed E-state index contributed by atoms with van der Waals surface area (Å²) in [6.07, 6.45) is 2.26. The Balaban J connectivity index is -0.000000190. The first kappa shape index (κ1) is 41.7. The summed E-state index contributed by atoms with van der Waals surface area (Å²) in [5.74, 6) is 2.87. The Hall–Kier alpha value is -1.40. The molecule has 0 rings (SSSR count). The van der Waals surface area contributed by atoms with E-state index in [-0.39, 0.29) is 35.9 Å². The number of hydrogen-bond donors (Lipinski definition) is 4. The lowest BCUT2D eigenvalue weighted by atomic mass is 9.99. The van der Waals surface area contributed by atoms with Crippen molar-refractivity contribution in [1.29, 1.82) is 0 Å². The van der Waals surface area contributed by atoms with Crippen LogP contribution in [0.3, 0.4) is 0 Å². The molecule has 1 amide bonds. The van der Waals surface area contributed by atoms with Crippen molar-refractivity contribution in [2.75, 3.05) is 0 Å². The van der Waals surface area contributed by atoms with Crippen LogP contribution in [0.2, 0.25) is 0 Å². The average Bonchev–Trinajstić information content (AvgIpc) is 2.67. The lowest BCUT2D eigenvalue weighted by Gasteiger charge is -2.18. The van der Waals surface area contributed by atoms with E-state index in [1.165, 1.54) is 0 Å². The Labute approximate surface area is 225 Å². The summed E-state index contributed by atoms with van der Waals surface area (Å²) in [6, 6.07) is 0.627. The van der Waals surface area contributed by atoms with E-state index in [1.54, 1.807) is 0 Å². The molecule has 6 heteroatoms. The zero-order chi connectivity index (χ0) is 29.8. The van der Waals surface area contributed by atoms with Crippen LogP contribution in [-0.2, 0) is 9.59 Å². The van der Waals surface area contributed by atoms with Gasteiger partial charge in [-0.15, -0.1) is 0 Å². The molecule has 0 bridgehead atoms. The van der Waals surface area contributed by atoms with Crippen LogP contribution >= 0.6 is 0 Å². The molecule has 0 saturated carbocycles. The molecule has 1 atom stereocenters. The van der Waals surface area contributed by atoms with E-state index >= 15 is 0 Å². The van der Waals surface area contributed by atoms with Gasteiger partial charge in [0.2, 0.25) is 5.91 Å². The second-order valence-corrected chi connectivity index (χ2v) is 12.0. The summed E-state index contributed by atoms with van der Waals surface area (Å²) >= 11 is 0. The predicted molar refractivity (Wildman–Crippen MR) is 157 cm³/mol. The normalized spacial score (nSPS) is 12.4. The fourth-order valence-electron chi connectivity index (χ4n) is 2.16. The number of carbonyl (C=O) groups excluding carboxylic acids is 2. The summed E-state index contributed by atoms with van der Waals surface area (Å²) < 4.78 is 0. The maximum Gasteiger partial charge on any atom is 0.222 e. The van der Waals surface area contributed by atoms with Crippen molar-refractivity contribution in [3.05, 3.63) is 11.8 Å². The minimum absolute atomic E-state index is 0.104. The number of carbonyl (C=O) groups is 2. The van der Waals surface area contributed by atoms with Gasteiger partial charge in [-0.25, -0.2) is 0 Å². The third-order valence-corrected chi connectivity index (χ3v) is 4.44. The summed E-state index contributed by atoms with van der Waals surface area (Å²) in [5.41, 5.74) is 0. The van der Waals surface area contributed by atoms with Gasteiger partial charge in [-0.1, -0.05) is 83.1 Å². The summed E-state index contributed by atoms with van der Waals surface area (Å²) in [5, 5.41) is 24.1. The Morgan fingerprint density at radius 2 is 1.14 bits per heavy atom. The van der Waals surface area contributed by atoms with Gasteiger partial charge in [0.15, 0.2) is 0 Å². The maximum absolute atomic E-state index is 11.0. The molecule has 0 aromatic carbocycles. The molecule has 0 heterocycles. The fourth-order valence-corrected chi connectivity index (χ4v) is 2.16. The minimum Gasteiger partial charge on any atom is -0.512 e. The molecule has 0 aliphatic heterocycles. The Morgan fingerprint density at radius 1 is 0.694 bits per heavy atom. The highest BCUT2D eigenvalue weighted by atomic mass is 16.3. The zero-order valence-electron chi connectivity index (χ0n) is 26.7. The number of aliphatic hydroxyl groups is 2. The number of amides is 1. The number of allylic oxidation sites excluding steroid dienone is 2. The van der Waals surface area contributed by atoms with E-state index in [0.717, 1.165) is 6.42 Å². The number of ketones is 1. The summed E-state index contributed by atoms with van der Waals surface area (Å²) in [4.78, 5) is 21.8. The second-order valence-electron chi connectivity index (χ2n) is 12.0.